The van der Waals surface area contributed by atoms with Gasteiger partial charge in [0.15, 0.2) is 5.11 Å². The van der Waals surface area contributed by atoms with Crippen LogP contribution in [0, 0.1) is 25.2 Å². The lowest BCUT2D eigenvalue weighted by atomic mass is 10.1. The van der Waals surface area contributed by atoms with Gasteiger partial charge in [-0.3, -0.25) is 15.0 Å². The second kappa shape index (κ2) is 7.92. The first-order valence-corrected chi connectivity index (χ1v) is 8.09. The highest BCUT2D eigenvalue weighted by atomic mass is 35.5. The molecule has 0 atom stereocenters. The normalized spacial score (nSPS) is 10.0. The van der Waals surface area contributed by atoms with Gasteiger partial charge in [-0.2, -0.15) is 5.26 Å². The Morgan fingerprint density at radius 1 is 1.32 bits per heavy atom. The maximum atomic E-state index is 12.3. The summed E-state index contributed by atoms with van der Waals surface area (Å²) in [6.45, 7) is 3.38. The van der Waals surface area contributed by atoms with E-state index in [0.717, 1.165) is 10.2 Å². The van der Waals surface area contributed by atoms with Gasteiger partial charge in [-0.25, -0.2) is 4.68 Å². The van der Waals surface area contributed by atoms with Crippen LogP contribution in [0.15, 0.2) is 35.1 Å². The van der Waals surface area contributed by atoms with Gasteiger partial charge < -0.3 is 5.32 Å². The van der Waals surface area contributed by atoms with Crippen LogP contribution in [0.5, 0.6) is 0 Å². The highest BCUT2D eigenvalue weighted by Gasteiger charge is 2.12. The zero-order valence-corrected chi connectivity index (χ0v) is 15.2. The number of pyridine rings is 1. The molecule has 0 saturated heterocycles. The molecule has 1 aromatic carbocycles. The van der Waals surface area contributed by atoms with Gasteiger partial charge in [0.2, 0.25) is 5.91 Å². The van der Waals surface area contributed by atoms with Crippen molar-refractivity contribution in [2.45, 2.75) is 20.3 Å². The van der Waals surface area contributed by atoms with Gasteiger partial charge in [0, 0.05) is 10.7 Å². The topological polar surface area (TPSA) is 86.9 Å². The quantitative estimate of drug-likeness (QED) is 0.804. The van der Waals surface area contributed by atoms with Crippen LogP contribution in [0.1, 0.15) is 22.4 Å². The van der Waals surface area contributed by atoms with Crippen molar-refractivity contribution in [2.75, 3.05) is 5.43 Å². The van der Waals surface area contributed by atoms with Crippen LogP contribution < -0.4 is 16.3 Å². The number of carbonyl (C=O) groups excluding carboxylic acids is 1. The molecule has 2 N–H and O–H groups in total. The van der Waals surface area contributed by atoms with Crippen LogP contribution in [0.4, 0.5) is 0 Å². The van der Waals surface area contributed by atoms with Gasteiger partial charge in [0.25, 0.3) is 5.56 Å². The molecule has 25 heavy (non-hydrogen) atoms. The van der Waals surface area contributed by atoms with Crippen molar-refractivity contribution in [1.29, 1.82) is 5.26 Å². The number of amides is 1. The molecule has 0 aliphatic carbocycles. The lowest BCUT2D eigenvalue weighted by molar-refractivity contribution is -0.119. The summed E-state index contributed by atoms with van der Waals surface area (Å²) in [5.74, 6) is -0.335. The third-order valence-electron chi connectivity index (χ3n) is 3.45. The van der Waals surface area contributed by atoms with Crippen molar-refractivity contribution in [3.05, 3.63) is 68.1 Å². The van der Waals surface area contributed by atoms with Crippen LogP contribution >= 0.6 is 23.8 Å². The summed E-state index contributed by atoms with van der Waals surface area (Å²) < 4.78 is 1.14. The second-order valence-corrected chi connectivity index (χ2v) is 6.23. The molecule has 8 heteroatoms. The molecular formula is C17H15ClN4O2S. The average Bonchev–Trinajstić information content (AvgIpc) is 2.54. The van der Waals surface area contributed by atoms with E-state index in [1.807, 2.05) is 6.07 Å². The van der Waals surface area contributed by atoms with Crippen molar-refractivity contribution in [3.63, 3.8) is 0 Å². The largest absolute Gasteiger partial charge is 0.302 e. The Hall–Kier alpha value is -2.69. The highest BCUT2D eigenvalue weighted by Crippen LogP contribution is 2.09. The Kier molecular flexibility index (Phi) is 5.91. The lowest BCUT2D eigenvalue weighted by Gasteiger charge is -2.15. The Morgan fingerprint density at radius 2 is 1.96 bits per heavy atom. The number of rotatable bonds is 3. The number of hydrogen-bond donors (Lipinski definition) is 2. The SMILES string of the molecule is Cc1cc(C)n(NC(=S)NC(=O)Cc2ccc(Cl)cc2)c(=O)c1C#N. The minimum absolute atomic E-state index is 0.0217. The first kappa shape index (κ1) is 18.6. The number of aryl methyl sites for hydroxylation is 2. The van der Waals surface area contributed by atoms with Crippen LogP contribution in [0.3, 0.4) is 0 Å². The molecule has 0 aliphatic rings. The van der Waals surface area contributed by atoms with Crippen molar-refractivity contribution in [1.82, 2.24) is 9.99 Å². The third kappa shape index (κ3) is 4.66. The summed E-state index contributed by atoms with van der Waals surface area (Å²) in [5.41, 5.74) is 4.07. The number of nitrogens with one attached hydrogen (secondary N) is 2. The molecule has 2 rings (SSSR count). The summed E-state index contributed by atoms with van der Waals surface area (Å²) in [5, 5.41) is 12.1. The fourth-order valence-corrected chi connectivity index (χ4v) is 2.58. The van der Waals surface area contributed by atoms with E-state index in [0.29, 0.717) is 16.3 Å². The summed E-state index contributed by atoms with van der Waals surface area (Å²) in [4.78, 5) is 24.3. The van der Waals surface area contributed by atoms with Crippen LogP contribution in [-0.4, -0.2) is 15.7 Å². The highest BCUT2D eigenvalue weighted by molar-refractivity contribution is 7.80. The summed E-state index contributed by atoms with van der Waals surface area (Å²) in [7, 11) is 0. The number of halogens is 1. The predicted molar refractivity (Wildman–Crippen MR) is 100 cm³/mol. The first-order chi connectivity index (χ1) is 11.8. The molecule has 0 saturated carbocycles. The molecule has 128 valence electrons. The minimum Gasteiger partial charge on any atom is -0.302 e. The Labute approximate surface area is 155 Å². The summed E-state index contributed by atoms with van der Waals surface area (Å²) in [6, 6.07) is 10.4. The molecule has 0 spiro atoms. The van der Waals surface area contributed by atoms with Gasteiger partial charge in [0.1, 0.15) is 11.6 Å². The van der Waals surface area contributed by atoms with Crippen LogP contribution in [0.2, 0.25) is 5.02 Å². The summed E-state index contributed by atoms with van der Waals surface area (Å²) in [6.07, 6.45) is 0.115. The molecule has 1 amide bonds. The molecule has 0 unspecified atom stereocenters. The Bertz CT molecular complexity index is 929. The first-order valence-electron chi connectivity index (χ1n) is 7.30. The average molecular weight is 375 g/mol. The van der Waals surface area contributed by atoms with E-state index < -0.39 is 5.56 Å². The number of aromatic nitrogens is 1. The third-order valence-corrected chi connectivity index (χ3v) is 3.89. The number of nitriles is 1. The van der Waals surface area contributed by atoms with E-state index in [1.165, 1.54) is 0 Å². The van der Waals surface area contributed by atoms with Crippen molar-refractivity contribution in [2.24, 2.45) is 0 Å². The molecule has 1 aromatic heterocycles. The molecular weight excluding hydrogens is 360 g/mol. The fraction of sp³-hybridized carbons (Fsp3) is 0.176. The van der Waals surface area contributed by atoms with Gasteiger partial charge in [-0.15, -0.1) is 0 Å². The monoisotopic (exact) mass is 374 g/mol. The van der Waals surface area contributed by atoms with Gasteiger partial charge >= 0.3 is 0 Å². The molecule has 1 heterocycles. The Balaban J connectivity index is 2.08. The van der Waals surface area contributed by atoms with Gasteiger partial charge in [0.05, 0.1) is 6.42 Å². The maximum absolute atomic E-state index is 12.3. The zero-order chi connectivity index (χ0) is 18.6. The van der Waals surface area contributed by atoms with E-state index in [-0.39, 0.29) is 23.0 Å². The molecule has 0 fully saturated rings. The molecule has 0 bridgehead atoms. The van der Waals surface area contributed by atoms with E-state index in [2.05, 4.69) is 10.7 Å². The minimum atomic E-state index is -0.519. The smallest absolute Gasteiger partial charge is 0.287 e. The van der Waals surface area contributed by atoms with E-state index in [1.54, 1.807) is 44.2 Å². The molecule has 6 nitrogen and oxygen atoms in total. The van der Waals surface area contributed by atoms with Crippen LogP contribution in [0.25, 0.3) is 0 Å². The van der Waals surface area contributed by atoms with Gasteiger partial charge in [-0.05, 0) is 55.4 Å². The number of thiocarbonyl (C=S) groups is 1. The molecule has 2 aromatic rings. The van der Waals surface area contributed by atoms with Gasteiger partial charge in [-0.1, -0.05) is 23.7 Å². The zero-order valence-electron chi connectivity index (χ0n) is 13.6. The number of carbonyl (C=O) groups is 1. The fourth-order valence-electron chi connectivity index (χ4n) is 2.25. The Morgan fingerprint density at radius 3 is 2.56 bits per heavy atom. The number of benzene rings is 1. The predicted octanol–water partition coefficient (Wildman–Crippen LogP) is 2.18. The van der Waals surface area contributed by atoms with Crippen LogP contribution in [-0.2, 0) is 11.2 Å². The number of nitrogens with zero attached hydrogens (tertiary/aromatic N) is 2. The maximum Gasteiger partial charge on any atom is 0.287 e. The molecule has 0 aliphatic heterocycles. The van der Waals surface area contributed by atoms with E-state index in [4.69, 9.17) is 29.1 Å². The van der Waals surface area contributed by atoms with E-state index >= 15 is 0 Å². The standard InChI is InChI=1S/C17H15ClN4O2S/c1-10-7-11(2)22(16(24)14(10)9-19)21-17(25)20-15(23)8-12-3-5-13(18)6-4-12/h3-7H,8H2,1-2H3,(H2,20,21,23,25). The van der Waals surface area contributed by atoms with Crippen molar-refractivity contribution >= 4 is 34.8 Å². The van der Waals surface area contributed by atoms with E-state index in [9.17, 15) is 9.59 Å². The van der Waals surface area contributed by atoms with Crippen molar-refractivity contribution < 1.29 is 4.79 Å². The lowest BCUT2D eigenvalue weighted by Crippen LogP contribution is -2.43. The molecule has 0 radical (unpaired) electrons. The van der Waals surface area contributed by atoms with Crippen molar-refractivity contribution in [3.8, 4) is 6.07 Å². The number of hydrogen-bond acceptors (Lipinski definition) is 4. The summed E-state index contributed by atoms with van der Waals surface area (Å²) >= 11 is 10.9. The second-order valence-electron chi connectivity index (χ2n) is 5.39.